The monoisotopic (exact) mass is 277 g/mol. The van der Waals surface area contributed by atoms with Crippen molar-refractivity contribution in [1.29, 1.82) is 0 Å². The summed E-state index contributed by atoms with van der Waals surface area (Å²) in [6, 6.07) is 4.55. The highest BCUT2D eigenvalue weighted by Gasteiger charge is 2.24. The molecular weight excluding hydrogens is 250 g/mol. The quantitative estimate of drug-likeness (QED) is 0.865. The second-order valence-corrected chi connectivity index (χ2v) is 5.98. The van der Waals surface area contributed by atoms with Crippen molar-refractivity contribution in [3.63, 3.8) is 0 Å². The number of pyridine rings is 1. The maximum atomic E-state index is 5.92. The van der Waals surface area contributed by atoms with Crippen LogP contribution in [0.2, 0.25) is 0 Å². The molecule has 4 heteroatoms. The SMILES string of the molecule is CCOc1nc(N(CC(C)C)C2CCCC2)ccc1N. The van der Waals surface area contributed by atoms with Crippen LogP contribution in [-0.2, 0) is 0 Å². The van der Waals surface area contributed by atoms with Gasteiger partial charge in [0.1, 0.15) is 5.82 Å². The maximum absolute atomic E-state index is 5.92. The van der Waals surface area contributed by atoms with E-state index in [0.29, 0.717) is 30.1 Å². The first-order valence-corrected chi connectivity index (χ1v) is 7.77. The number of rotatable bonds is 6. The molecule has 112 valence electrons. The van der Waals surface area contributed by atoms with E-state index in [9.17, 15) is 0 Å². The third kappa shape index (κ3) is 3.56. The summed E-state index contributed by atoms with van der Waals surface area (Å²) in [5.74, 6) is 2.19. The molecule has 1 heterocycles. The maximum Gasteiger partial charge on any atom is 0.239 e. The molecule has 0 radical (unpaired) electrons. The third-order valence-corrected chi connectivity index (χ3v) is 3.78. The van der Waals surface area contributed by atoms with Crippen molar-refractivity contribution in [3.05, 3.63) is 12.1 Å². The van der Waals surface area contributed by atoms with Gasteiger partial charge in [0.25, 0.3) is 0 Å². The van der Waals surface area contributed by atoms with E-state index in [1.165, 1.54) is 25.7 Å². The molecule has 0 spiro atoms. The van der Waals surface area contributed by atoms with Crippen LogP contribution in [-0.4, -0.2) is 24.2 Å². The van der Waals surface area contributed by atoms with E-state index < -0.39 is 0 Å². The molecule has 20 heavy (non-hydrogen) atoms. The normalized spacial score (nSPS) is 15.8. The lowest BCUT2D eigenvalue weighted by Gasteiger charge is -2.32. The number of hydrogen-bond acceptors (Lipinski definition) is 4. The zero-order valence-corrected chi connectivity index (χ0v) is 12.9. The number of hydrogen-bond donors (Lipinski definition) is 1. The molecule has 2 rings (SSSR count). The van der Waals surface area contributed by atoms with Gasteiger partial charge in [-0.15, -0.1) is 0 Å². The van der Waals surface area contributed by atoms with Crippen LogP contribution in [0, 0.1) is 5.92 Å². The van der Waals surface area contributed by atoms with E-state index in [-0.39, 0.29) is 0 Å². The molecule has 1 aliphatic rings. The van der Waals surface area contributed by atoms with E-state index >= 15 is 0 Å². The molecule has 0 unspecified atom stereocenters. The Morgan fingerprint density at radius 3 is 2.65 bits per heavy atom. The zero-order valence-electron chi connectivity index (χ0n) is 12.9. The highest BCUT2D eigenvalue weighted by Crippen LogP contribution is 2.30. The van der Waals surface area contributed by atoms with Gasteiger partial charge in [0.05, 0.1) is 12.3 Å². The average molecular weight is 277 g/mol. The lowest BCUT2D eigenvalue weighted by molar-refractivity contribution is 0.328. The number of ether oxygens (including phenoxy) is 1. The second-order valence-electron chi connectivity index (χ2n) is 5.98. The van der Waals surface area contributed by atoms with E-state index in [1.54, 1.807) is 0 Å². The van der Waals surface area contributed by atoms with Gasteiger partial charge < -0.3 is 15.4 Å². The third-order valence-electron chi connectivity index (χ3n) is 3.78. The molecule has 0 amide bonds. The van der Waals surface area contributed by atoms with Crippen LogP contribution in [0.5, 0.6) is 5.88 Å². The fraction of sp³-hybridized carbons (Fsp3) is 0.688. The molecule has 1 aromatic rings. The van der Waals surface area contributed by atoms with Gasteiger partial charge in [-0.2, -0.15) is 4.98 Å². The van der Waals surface area contributed by atoms with E-state index in [1.807, 2.05) is 19.1 Å². The largest absolute Gasteiger partial charge is 0.476 e. The molecule has 0 bridgehead atoms. The van der Waals surface area contributed by atoms with Crippen molar-refractivity contribution in [2.45, 2.75) is 52.5 Å². The Hall–Kier alpha value is -1.45. The molecule has 0 saturated heterocycles. The van der Waals surface area contributed by atoms with Gasteiger partial charge in [-0.05, 0) is 37.8 Å². The summed E-state index contributed by atoms with van der Waals surface area (Å²) in [6.45, 7) is 8.09. The average Bonchev–Trinajstić information content (AvgIpc) is 2.92. The smallest absolute Gasteiger partial charge is 0.239 e. The van der Waals surface area contributed by atoms with Gasteiger partial charge in [-0.25, -0.2) is 0 Å². The summed E-state index contributed by atoms with van der Waals surface area (Å²) in [5, 5.41) is 0. The summed E-state index contributed by atoms with van der Waals surface area (Å²) < 4.78 is 5.53. The molecule has 2 N–H and O–H groups in total. The Morgan fingerprint density at radius 2 is 2.05 bits per heavy atom. The lowest BCUT2D eigenvalue weighted by atomic mass is 10.1. The van der Waals surface area contributed by atoms with Crippen LogP contribution < -0.4 is 15.4 Å². The summed E-state index contributed by atoms with van der Waals surface area (Å²) >= 11 is 0. The van der Waals surface area contributed by atoms with Crippen LogP contribution in [0.25, 0.3) is 0 Å². The molecule has 1 aromatic heterocycles. The van der Waals surface area contributed by atoms with Gasteiger partial charge >= 0.3 is 0 Å². The highest BCUT2D eigenvalue weighted by molar-refractivity contribution is 5.55. The number of nitrogen functional groups attached to an aromatic ring is 1. The number of nitrogens with two attached hydrogens (primary N) is 1. The van der Waals surface area contributed by atoms with Crippen LogP contribution in [0.3, 0.4) is 0 Å². The zero-order chi connectivity index (χ0) is 14.5. The molecule has 0 aromatic carbocycles. The standard InChI is InChI=1S/C16H27N3O/c1-4-20-16-14(17)9-10-15(18-16)19(11-12(2)3)13-7-5-6-8-13/h9-10,12-13H,4-8,11,17H2,1-3H3. The van der Waals surface area contributed by atoms with Crippen LogP contribution in [0.1, 0.15) is 46.5 Å². The van der Waals surface area contributed by atoms with Gasteiger partial charge in [-0.3, -0.25) is 0 Å². The van der Waals surface area contributed by atoms with Gasteiger partial charge in [-0.1, -0.05) is 26.7 Å². The van der Waals surface area contributed by atoms with Crippen molar-refractivity contribution >= 4 is 11.5 Å². The van der Waals surface area contributed by atoms with Crippen molar-refractivity contribution in [3.8, 4) is 5.88 Å². The summed E-state index contributed by atoms with van der Waals surface area (Å²) in [6.07, 6.45) is 5.19. The fourth-order valence-electron chi connectivity index (χ4n) is 2.89. The van der Waals surface area contributed by atoms with Crippen LogP contribution >= 0.6 is 0 Å². The van der Waals surface area contributed by atoms with Crippen molar-refractivity contribution < 1.29 is 4.74 Å². The van der Waals surface area contributed by atoms with Crippen molar-refractivity contribution in [2.24, 2.45) is 5.92 Å². The number of anilines is 2. The predicted molar refractivity (Wildman–Crippen MR) is 84.3 cm³/mol. The minimum absolute atomic E-state index is 0.566. The first kappa shape index (κ1) is 14.9. The van der Waals surface area contributed by atoms with Crippen molar-refractivity contribution in [1.82, 2.24) is 4.98 Å². The Labute approximate surface area is 122 Å². The number of aromatic nitrogens is 1. The van der Waals surface area contributed by atoms with E-state index in [2.05, 4.69) is 23.7 Å². The molecule has 0 aliphatic heterocycles. The second kappa shape index (κ2) is 6.82. The van der Waals surface area contributed by atoms with Crippen LogP contribution in [0.15, 0.2) is 12.1 Å². The van der Waals surface area contributed by atoms with Crippen molar-refractivity contribution in [2.75, 3.05) is 23.8 Å². The molecular formula is C16H27N3O. The summed E-state index contributed by atoms with van der Waals surface area (Å²) in [5.41, 5.74) is 6.54. The molecule has 1 aliphatic carbocycles. The molecule has 0 atom stereocenters. The first-order chi connectivity index (χ1) is 9.61. The minimum atomic E-state index is 0.566. The lowest BCUT2D eigenvalue weighted by Crippen LogP contribution is -2.37. The predicted octanol–water partition coefficient (Wildman–Crippen LogP) is 3.47. The Kier molecular flexibility index (Phi) is 5.10. The van der Waals surface area contributed by atoms with E-state index in [4.69, 9.17) is 10.5 Å². The fourth-order valence-corrected chi connectivity index (χ4v) is 2.89. The van der Waals surface area contributed by atoms with Gasteiger partial charge in [0.15, 0.2) is 0 Å². The first-order valence-electron chi connectivity index (χ1n) is 7.77. The van der Waals surface area contributed by atoms with E-state index in [0.717, 1.165) is 12.4 Å². The summed E-state index contributed by atoms with van der Waals surface area (Å²) in [7, 11) is 0. The Bertz CT molecular complexity index is 428. The van der Waals surface area contributed by atoms with Gasteiger partial charge in [0.2, 0.25) is 5.88 Å². The van der Waals surface area contributed by atoms with Crippen LogP contribution in [0.4, 0.5) is 11.5 Å². The highest BCUT2D eigenvalue weighted by atomic mass is 16.5. The molecule has 1 saturated carbocycles. The Morgan fingerprint density at radius 1 is 1.35 bits per heavy atom. The minimum Gasteiger partial charge on any atom is -0.476 e. The Balaban J connectivity index is 2.24. The topological polar surface area (TPSA) is 51.4 Å². The molecule has 1 fully saturated rings. The molecule has 4 nitrogen and oxygen atoms in total. The van der Waals surface area contributed by atoms with Gasteiger partial charge in [0, 0.05) is 12.6 Å². The number of nitrogens with zero attached hydrogens (tertiary/aromatic N) is 2. The summed E-state index contributed by atoms with van der Waals surface area (Å²) in [4.78, 5) is 7.08.